The van der Waals surface area contributed by atoms with Gasteiger partial charge in [0.05, 0.1) is 11.5 Å². The van der Waals surface area contributed by atoms with Crippen LogP contribution in [-0.2, 0) is 12.8 Å². The molecule has 0 saturated heterocycles. The van der Waals surface area contributed by atoms with Crippen molar-refractivity contribution in [1.29, 1.82) is 0 Å². The molecule has 3 aromatic rings. The number of rotatable bonds is 4. The third kappa shape index (κ3) is 3.44. The molecule has 4 rings (SSSR count). The minimum absolute atomic E-state index is 0.0947. The molecule has 0 amide bonds. The van der Waals surface area contributed by atoms with Crippen molar-refractivity contribution in [1.82, 2.24) is 0 Å². The first kappa shape index (κ1) is 17.0. The first-order valence-electron chi connectivity index (χ1n) is 8.38. The summed E-state index contributed by atoms with van der Waals surface area (Å²) in [6, 6.07) is 19.5. The van der Waals surface area contributed by atoms with E-state index in [9.17, 15) is 10.1 Å². The van der Waals surface area contributed by atoms with Crippen LogP contribution in [0.15, 0.2) is 60.7 Å². The molecule has 0 bridgehead atoms. The normalized spacial score (nSPS) is 12.5. The molecule has 1 aliphatic heterocycles. The lowest BCUT2D eigenvalue weighted by Crippen LogP contribution is -1.94. The van der Waals surface area contributed by atoms with Crippen LogP contribution in [0, 0.1) is 13.7 Å². The molecule has 0 unspecified atom stereocenters. The van der Waals surface area contributed by atoms with E-state index in [1.165, 1.54) is 26.3 Å². The van der Waals surface area contributed by atoms with E-state index in [1.54, 1.807) is 12.1 Å². The summed E-state index contributed by atoms with van der Waals surface area (Å²) in [5.74, 6) is 0.858. The minimum Gasteiger partial charge on any atom is -0.492 e. The van der Waals surface area contributed by atoms with Crippen molar-refractivity contribution in [2.45, 2.75) is 12.8 Å². The summed E-state index contributed by atoms with van der Waals surface area (Å²) in [6.45, 7) is 0.657. The predicted octanol–water partition coefficient (Wildman–Crippen LogP) is 5.39. The van der Waals surface area contributed by atoms with Crippen LogP contribution in [0.3, 0.4) is 0 Å². The largest absolute Gasteiger partial charge is 0.492 e. The van der Waals surface area contributed by atoms with E-state index in [0.29, 0.717) is 6.61 Å². The number of nitrogens with zero attached hydrogens (tertiary/aromatic N) is 1. The minimum atomic E-state index is -0.361. The fourth-order valence-electron chi connectivity index (χ4n) is 3.32. The van der Waals surface area contributed by atoms with Crippen LogP contribution >= 0.6 is 22.6 Å². The third-order valence-corrected chi connectivity index (χ3v) is 5.25. The Bertz CT molecular complexity index is 983. The highest BCUT2D eigenvalue weighted by Crippen LogP contribution is 2.39. The molecular formula is C21H16INO3. The van der Waals surface area contributed by atoms with Crippen LogP contribution in [0.25, 0.3) is 11.1 Å². The molecular weight excluding hydrogens is 441 g/mol. The molecule has 0 atom stereocenters. The maximum Gasteiger partial charge on any atom is 0.270 e. The van der Waals surface area contributed by atoms with Crippen molar-refractivity contribution >= 4 is 28.3 Å². The van der Waals surface area contributed by atoms with Crippen molar-refractivity contribution < 1.29 is 9.66 Å². The Morgan fingerprint density at radius 1 is 1.04 bits per heavy atom. The van der Waals surface area contributed by atoms with Crippen molar-refractivity contribution in [2.75, 3.05) is 6.61 Å². The fraction of sp³-hybridized carbons (Fsp3) is 0.143. The molecule has 26 heavy (non-hydrogen) atoms. The fourth-order valence-corrected chi connectivity index (χ4v) is 3.68. The lowest BCUT2D eigenvalue weighted by atomic mass is 9.95. The number of hydrogen-bond acceptors (Lipinski definition) is 3. The van der Waals surface area contributed by atoms with Gasteiger partial charge in [0, 0.05) is 27.7 Å². The van der Waals surface area contributed by atoms with Gasteiger partial charge in [-0.3, -0.25) is 10.1 Å². The molecule has 0 N–H and O–H groups in total. The summed E-state index contributed by atoms with van der Waals surface area (Å²) in [7, 11) is 0. The summed E-state index contributed by atoms with van der Waals surface area (Å²) in [5, 5.41) is 11.1. The van der Waals surface area contributed by atoms with Crippen molar-refractivity contribution in [2.24, 2.45) is 0 Å². The van der Waals surface area contributed by atoms with Gasteiger partial charge in [0.15, 0.2) is 0 Å². The number of hydrogen-bond donors (Lipinski definition) is 0. The summed E-state index contributed by atoms with van der Waals surface area (Å²) < 4.78 is 7.05. The zero-order chi connectivity index (χ0) is 18.1. The zero-order valence-electron chi connectivity index (χ0n) is 13.9. The van der Waals surface area contributed by atoms with Gasteiger partial charge in [-0.05, 0) is 69.5 Å². The molecule has 0 radical (unpaired) electrons. The Kier molecular flexibility index (Phi) is 4.63. The second-order valence-corrected chi connectivity index (χ2v) is 7.59. The maximum absolute atomic E-state index is 11.1. The van der Waals surface area contributed by atoms with Gasteiger partial charge in [-0.15, -0.1) is 0 Å². The number of benzene rings is 3. The number of nitro benzene ring substituents is 1. The molecule has 0 fully saturated rings. The average Bonchev–Trinajstić information content (AvgIpc) is 3.11. The van der Waals surface area contributed by atoms with Crippen LogP contribution in [0.1, 0.15) is 16.7 Å². The van der Waals surface area contributed by atoms with E-state index in [1.807, 2.05) is 6.07 Å². The Hall–Kier alpha value is -2.41. The van der Waals surface area contributed by atoms with Crippen molar-refractivity contribution in [3.05, 3.63) is 91.0 Å². The van der Waals surface area contributed by atoms with E-state index in [4.69, 9.17) is 4.74 Å². The topological polar surface area (TPSA) is 52.4 Å². The number of halogens is 1. The molecule has 0 aliphatic carbocycles. The smallest absolute Gasteiger partial charge is 0.270 e. The van der Waals surface area contributed by atoms with Crippen molar-refractivity contribution in [3.8, 4) is 16.9 Å². The quantitative estimate of drug-likeness (QED) is 0.300. The average molecular weight is 457 g/mol. The second kappa shape index (κ2) is 7.07. The molecule has 3 aromatic carbocycles. The molecule has 1 aliphatic rings. The van der Waals surface area contributed by atoms with Gasteiger partial charge in [-0.1, -0.05) is 30.3 Å². The number of fused-ring (bicyclic) bond motifs is 1. The monoisotopic (exact) mass is 457 g/mol. The highest BCUT2D eigenvalue weighted by Gasteiger charge is 2.20. The molecule has 0 saturated carbocycles. The lowest BCUT2D eigenvalue weighted by Gasteiger charge is -2.12. The Morgan fingerprint density at radius 3 is 2.62 bits per heavy atom. The standard InChI is InChI=1S/C21H16INO3/c22-18-6-4-14(5-7-18)10-15-11-17-8-9-26-21(17)20(12-15)16-2-1-3-19(13-16)23(24)25/h1-7,11-13H,8-10H2. The molecule has 130 valence electrons. The third-order valence-electron chi connectivity index (χ3n) is 4.53. The van der Waals surface area contributed by atoms with Gasteiger partial charge in [-0.25, -0.2) is 0 Å². The molecule has 1 heterocycles. The first-order chi connectivity index (χ1) is 12.6. The predicted molar refractivity (Wildman–Crippen MR) is 110 cm³/mol. The summed E-state index contributed by atoms with van der Waals surface area (Å²) in [4.78, 5) is 10.8. The Balaban J connectivity index is 1.77. The van der Waals surface area contributed by atoms with Gasteiger partial charge in [-0.2, -0.15) is 0 Å². The van der Waals surface area contributed by atoms with E-state index in [2.05, 4.69) is 59.0 Å². The van der Waals surface area contributed by atoms with Crippen LogP contribution in [0.4, 0.5) is 5.69 Å². The van der Waals surface area contributed by atoms with E-state index >= 15 is 0 Å². The van der Waals surface area contributed by atoms with Crippen LogP contribution in [0.5, 0.6) is 5.75 Å². The zero-order valence-corrected chi connectivity index (χ0v) is 16.1. The summed E-state index contributed by atoms with van der Waals surface area (Å²) in [6.07, 6.45) is 1.70. The Labute approximate surface area is 165 Å². The van der Waals surface area contributed by atoms with Gasteiger partial charge in [0.1, 0.15) is 5.75 Å². The summed E-state index contributed by atoms with van der Waals surface area (Å²) in [5.41, 5.74) is 5.46. The summed E-state index contributed by atoms with van der Waals surface area (Å²) >= 11 is 2.30. The Morgan fingerprint density at radius 2 is 1.85 bits per heavy atom. The van der Waals surface area contributed by atoms with E-state index in [0.717, 1.165) is 29.7 Å². The number of non-ortho nitro benzene ring substituents is 1. The second-order valence-electron chi connectivity index (χ2n) is 6.34. The van der Waals surface area contributed by atoms with E-state index in [-0.39, 0.29) is 10.6 Å². The van der Waals surface area contributed by atoms with Crippen LogP contribution < -0.4 is 4.74 Å². The molecule has 5 heteroatoms. The molecule has 0 spiro atoms. The maximum atomic E-state index is 11.1. The van der Waals surface area contributed by atoms with Gasteiger partial charge >= 0.3 is 0 Å². The van der Waals surface area contributed by atoms with Crippen molar-refractivity contribution in [3.63, 3.8) is 0 Å². The number of nitro groups is 1. The highest BCUT2D eigenvalue weighted by atomic mass is 127. The number of ether oxygens (including phenoxy) is 1. The van der Waals surface area contributed by atoms with Gasteiger partial charge in [0.25, 0.3) is 5.69 Å². The van der Waals surface area contributed by atoms with Gasteiger partial charge < -0.3 is 4.74 Å². The van der Waals surface area contributed by atoms with E-state index < -0.39 is 0 Å². The van der Waals surface area contributed by atoms with Crippen LogP contribution in [-0.4, -0.2) is 11.5 Å². The lowest BCUT2D eigenvalue weighted by molar-refractivity contribution is -0.384. The molecule has 4 nitrogen and oxygen atoms in total. The van der Waals surface area contributed by atoms with Gasteiger partial charge in [0.2, 0.25) is 0 Å². The van der Waals surface area contributed by atoms with Crippen LogP contribution in [0.2, 0.25) is 0 Å². The molecule has 0 aromatic heterocycles. The SMILES string of the molecule is O=[N+]([O-])c1cccc(-c2cc(Cc3ccc(I)cc3)cc3c2OCC3)c1. The highest BCUT2D eigenvalue weighted by molar-refractivity contribution is 14.1. The first-order valence-corrected chi connectivity index (χ1v) is 9.46.